The van der Waals surface area contributed by atoms with Crippen molar-refractivity contribution in [1.29, 1.82) is 0 Å². The van der Waals surface area contributed by atoms with Gasteiger partial charge in [0.1, 0.15) is 0 Å². The third-order valence-corrected chi connectivity index (χ3v) is 3.99. The van der Waals surface area contributed by atoms with Crippen LogP contribution in [0.25, 0.3) is 0 Å². The fraction of sp³-hybridized carbons (Fsp3) is 1.00. The van der Waals surface area contributed by atoms with Crippen molar-refractivity contribution in [2.24, 2.45) is 0 Å². The molecular formula is C7H15AsN. The fourth-order valence-corrected chi connectivity index (χ4v) is 3.28. The van der Waals surface area contributed by atoms with Crippen LogP contribution in [-0.4, -0.2) is 39.8 Å². The average molecular weight is 188 g/mol. The Balaban J connectivity index is 2.23. The number of rotatable bonds is 1. The monoisotopic (exact) mass is 188 g/mol. The molecule has 0 N–H and O–H groups in total. The van der Waals surface area contributed by atoms with Crippen LogP contribution in [0.2, 0.25) is 10.4 Å². The average Bonchev–Trinajstić information content (AvgIpc) is 1.90. The first kappa shape index (κ1) is 7.62. The van der Waals surface area contributed by atoms with Crippen molar-refractivity contribution in [2.75, 3.05) is 13.1 Å². The summed E-state index contributed by atoms with van der Waals surface area (Å²) in [5.74, 6) is 0. The second-order valence-corrected chi connectivity index (χ2v) is 5.62. The molecule has 0 aromatic rings. The van der Waals surface area contributed by atoms with Crippen LogP contribution in [0.3, 0.4) is 0 Å². The van der Waals surface area contributed by atoms with E-state index in [9.17, 15) is 0 Å². The van der Waals surface area contributed by atoms with Crippen molar-refractivity contribution < 1.29 is 0 Å². The molecule has 0 aromatic heterocycles. The molecule has 0 amide bonds. The molecule has 9 heavy (non-hydrogen) atoms. The second kappa shape index (κ2) is 3.63. The summed E-state index contributed by atoms with van der Waals surface area (Å²) in [4.78, 5) is 2.58. The number of hydrogen-bond donors (Lipinski definition) is 0. The molecule has 0 spiro atoms. The molecule has 0 aliphatic carbocycles. The standard InChI is InChI=1S/C7H15AsN/c1-7(2)9-5-3-8-4-6-9/h7H,3-6H2,1-2H3. The first-order valence-electron chi connectivity index (χ1n) is 3.68. The fourth-order valence-electron chi connectivity index (χ4n) is 1.14. The Morgan fingerprint density at radius 2 is 1.78 bits per heavy atom. The van der Waals surface area contributed by atoms with Gasteiger partial charge >= 0.3 is 64.0 Å². The van der Waals surface area contributed by atoms with Gasteiger partial charge in [0.15, 0.2) is 0 Å². The summed E-state index contributed by atoms with van der Waals surface area (Å²) in [5, 5.41) is 3.02. The molecule has 0 bridgehead atoms. The first-order valence-corrected chi connectivity index (χ1v) is 6.33. The van der Waals surface area contributed by atoms with Gasteiger partial charge in [0.05, 0.1) is 0 Å². The van der Waals surface area contributed by atoms with Crippen LogP contribution in [0.1, 0.15) is 13.8 Å². The van der Waals surface area contributed by atoms with Crippen molar-refractivity contribution in [3.8, 4) is 0 Å². The van der Waals surface area contributed by atoms with Crippen LogP contribution in [-0.2, 0) is 0 Å². The topological polar surface area (TPSA) is 3.24 Å². The van der Waals surface area contributed by atoms with Crippen molar-refractivity contribution in [1.82, 2.24) is 4.90 Å². The minimum atomic E-state index is 0.743. The molecule has 0 atom stereocenters. The number of hydrogen-bond acceptors (Lipinski definition) is 1. The summed E-state index contributed by atoms with van der Waals surface area (Å²) in [5.41, 5.74) is 0. The van der Waals surface area contributed by atoms with Crippen molar-refractivity contribution in [2.45, 2.75) is 30.3 Å². The van der Waals surface area contributed by atoms with Crippen molar-refractivity contribution in [3.05, 3.63) is 0 Å². The van der Waals surface area contributed by atoms with E-state index in [4.69, 9.17) is 0 Å². The molecule has 1 aliphatic rings. The molecule has 0 aromatic carbocycles. The first-order chi connectivity index (χ1) is 4.30. The van der Waals surface area contributed by atoms with E-state index in [1.54, 1.807) is 0 Å². The Kier molecular flexibility index (Phi) is 3.07. The third kappa shape index (κ3) is 2.31. The van der Waals surface area contributed by atoms with E-state index in [0.29, 0.717) is 0 Å². The van der Waals surface area contributed by atoms with Gasteiger partial charge in [0.25, 0.3) is 0 Å². The predicted octanol–water partition coefficient (Wildman–Crippen LogP) is 1.25. The Hall–Kier alpha value is 0.518. The molecule has 1 nitrogen and oxygen atoms in total. The van der Waals surface area contributed by atoms with Gasteiger partial charge in [-0.15, -0.1) is 0 Å². The number of nitrogens with zero attached hydrogens (tertiary/aromatic N) is 1. The van der Waals surface area contributed by atoms with Crippen molar-refractivity contribution in [3.63, 3.8) is 0 Å². The molecule has 2 heteroatoms. The molecule has 1 heterocycles. The Morgan fingerprint density at radius 3 is 2.11 bits per heavy atom. The van der Waals surface area contributed by atoms with Crippen LogP contribution in [0.4, 0.5) is 0 Å². The Bertz CT molecular complexity index is 77.0. The molecule has 0 unspecified atom stereocenters. The molecule has 1 aliphatic heterocycles. The van der Waals surface area contributed by atoms with Crippen LogP contribution in [0, 0.1) is 0 Å². The second-order valence-electron chi connectivity index (χ2n) is 2.80. The normalized spacial score (nSPS) is 23.0. The van der Waals surface area contributed by atoms with Gasteiger partial charge < -0.3 is 0 Å². The molecule has 1 saturated heterocycles. The predicted molar refractivity (Wildman–Crippen MR) is 42.1 cm³/mol. The summed E-state index contributed by atoms with van der Waals surface area (Å²) < 4.78 is 0. The maximum absolute atomic E-state index is 2.58. The van der Waals surface area contributed by atoms with E-state index < -0.39 is 0 Å². The zero-order valence-corrected chi connectivity index (χ0v) is 8.18. The van der Waals surface area contributed by atoms with E-state index in [1.807, 2.05) is 0 Å². The summed E-state index contributed by atoms with van der Waals surface area (Å²) in [6.07, 6.45) is 0. The van der Waals surface area contributed by atoms with E-state index in [0.717, 1.165) is 21.8 Å². The van der Waals surface area contributed by atoms with Crippen molar-refractivity contribution >= 4 is 15.8 Å². The van der Waals surface area contributed by atoms with E-state index in [1.165, 1.54) is 23.5 Å². The SMILES string of the molecule is CC(C)N1CC[As]CC1. The van der Waals surface area contributed by atoms with E-state index >= 15 is 0 Å². The molecule has 1 fully saturated rings. The van der Waals surface area contributed by atoms with Gasteiger partial charge in [-0.1, -0.05) is 0 Å². The molecule has 53 valence electrons. The van der Waals surface area contributed by atoms with Gasteiger partial charge in [-0.3, -0.25) is 0 Å². The van der Waals surface area contributed by atoms with Crippen LogP contribution in [0.5, 0.6) is 0 Å². The molecule has 1 rings (SSSR count). The van der Waals surface area contributed by atoms with Crippen LogP contribution in [0.15, 0.2) is 0 Å². The summed E-state index contributed by atoms with van der Waals surface area (Å²) >= 11 is 0.743. The third-order valence-electron chi connectivity index (χ3n) is 1.82. The van der Waals surface area contributed by atoms with Gasteiger partial charge in [0, 0.05) is 0 Å². The van der Waals surface area contributed by atoms with Gasteiger partial charge in [-0.05, 0) is 0 Å². The van der Waals surface area contributed by atoms with Crippen LogP contribution < -0.4 is 0 Å². The van der Waals surface area contributed by atoms with E-state index in [-0.39, 0.29) is 0 Å². The van der Waals surface area contributed by atoms with Gasteiger partial charge in [-0.25, -0.2) is 0 Å². The summed E-state index contributed by atoms with van der Waals surface area (Å²) in [6.45, 7) is 7.33. The quantitative estimate of drug-likeness (QED) is 0.560. The Labute approximate surface area is 64.5 Å². The van der Waals surface area contributed by atoms with Gasteiger partial charge in [-0.2, -0.15) is 0 Å². The molecular weight excluding hydrogens is 173 g/mol. The van der Waals surface area contributed by atoms with Gasteiger partial charge in [0.2, 0.25) is 0 Å². The summed E-state index contributed by atoms with van der Waals surface area (Å²) in [7, 11) is 0. The summed E-state index contributed by atoms with van der Waals surface area (Å²) in [6, 6.07) is 0.784. The zero-order valence-electron chi connectivity index (χ0n) is 6.30. The zero-order chi connectivity index (χ0) is 6.69. The van der Waals surface area contributed by atoms with Crippen LogP contribution >= 0.6 is 0 Å². The minimum absolute atomic E-state index is 0.743. The Morgan fingerprint density at radius 1 is 1.22 bits per heavy atom. The molecule has 0 saturated carbocycles. The van der Waals surface area contributed by atoms with E-state index in [2.05, 4.69) is 18.7 Å². The molecule has 1 radical (unpaired) electrons. The maximum atomic E-state index is 2.58.